The Morgan fingerprint density at radius 2 is 2.05 bits per heavy atom. The number of nitrogens with one attached hydrogen (secondary N) is 2. The maximum atomic E-state index is 12.3. The number of para-hydroxylation sites is 1. The van der Waals surface area contributed by atoms with Crippen molar-refractivity contribution in [1.82, 2.24) is 19.9 Å². The summed E-state index contributed by atoms with van der Waals surface area (Å²) in [6, 6.07) is 11.9. The fourth-order valence-electron chi connectivity index (χ4n) is 4.79. The zero-order valence-electron chi connectivity index (χ0n) is 22.1. The Balaban J connectivity index is 1.54. The van der Waals surface area contributed by atoms with E-state index in [1.807, 2.05) is 36.4 Å². The van der Waals surface area contributed by atoms with Crippen LogP contribution in [0.15, 0.2) is 67.6 Å². The van der Waals surface area contributed by atoms with Gasteiger partial charge in [-0.1, -0.05) is 36.4 Å². The molecule has 2 N–H and O–H groups in total. The zero-order chi connectivity index (χ0) is 27.5. The summed E-state index contributed by atoms with van der Waals surface area (Å²) in [6.07, 6.45) is 7.40. The lowest BCUT2D eigenvalue weighted by molar-refractivity contribution is -0.111. The number of pyridine rings is 1. The molecule has 3 heterocycles. The minimum Gasteiger partial charge on any atom is -0.494 e. The number of anilines is 4. The molecular formula is C29H30ClN7O2. The summed E-state index contributed by atoms with van der Waals surface area (Å²) in [7, 11) is 5.78. The normalized spacial score (nSPS) is 15.0. The van der Waals surface area contributed by atoms with Crippen molar-refractivity contribution in [1.29, 1.82) is 0 Å². The number of hydrogen-bond acceptors (Lipinski definition) is 8. The first kappa shape index (κ1) is 26.4. The molecule has 1 amide bonds. The van der Waals surface area contributed by atoms with Gasteiger partial charge in [0.15, 0.2) is 0 Å². The molecule has 1 fully saturated rings. The number of fused-ring (bicyclic) bond motifs is 1. The number of methoxy groups -OCH3 is 1. The second kappa shape index (κ2) is 11.3. The number of carbonyl (C=O) groups excluding carboxylic acids is 1. The van der Waals surface area contributed by atoms with Crippen molar-refractivity contribution in [2.45, 2.75) is 12.5 Å². The minimum absolute atomic E-state index is 0.294. The van der Waals surface area contributed by atoms with E-state index in [0.29, 0.717) is 34.1 Å². The van der Waals surface area contributed by atoms with Crippen LogP contribution in [0, 0.1) is 0 Å². The number of nitrogens with zero attached hydrogens (tertiary/aromatic N) is 5. The molecule has 39 heavy (non-hydrogen) atoms. The second-order valence-corrected chi connectivity index (χ2v) is 10.0. The van der Waals surface area contributed by atoms with Gasteiger partial charge in [0, 0.05) is 60.3 Å². The van der Waals surface area contributed by atoms with E-state index in [-0.39, 0.29) is 5.91 Å². The van der Waals surface area contributed by atoms with Crippen molar-refractivity contribution in [3.05, 3.63) is 72.7 Å². The number of hydrogen-bond donors (Lipinski definition) is 2. The Bertz CT molecular complexity index is 1540. The number of benzene rings is 2. The summed E-state index contributed by atoms with van der Waals surface area (Å²) in [5.41, 5.74) is 4.64. The number of amides is 1. The molecule has 2 aromatic heterocycles. The van der Waals surface area contributed by atoms with Gasteiger partial charge in [-0.3, -0.25) is 9.78 Å². The van der Waals surface area contributed by atoms with Gasteiger partial charge in [-0.15, -0.1) is 0 Å². The SMILES string of the molecule is C=CC(=O)Nc1cc(Nc2ncc3cccc(-c4cncc(Cl)c4)c3n2)c(OC)cc1N1CCC(N(C)C)C1. The monoisotopic (exact) mass is 543 g/mol. The van der Waals surface area contributed by atoms with Gasteiger partial charge in [0.1, 0.15) is 5.75 Å². The number of halogens is 1. The third kappa shape index (κ3) is 5.64. The van der Waals surface area contributed by atoms with E-state index in [2.05, 4.69) is 51.1 Å². The maximum absolute atomic E-state index is 12.3. The Kier molecular flexibility index (Phi) is 7.63. The molecule has 1 atom stereocenters. The molecule has 0 radical (unpaired) electrons. The van der Waals surface area contributed by atoms with Gasteiger partial charge in [-0.2, -0.15) is 0 Å². The molecule has 9 nitrogen and oxygen atoms in total. The molecule has 0 saturated carbocycles. The fourth-order valence-corrected chi connectivity index (χ4v) is 4.97. The Labute approximate surface area is 232 Å². The first-order valence-electron chi connectivity index (χ1n) is 12.6. The van der Waals surface area contributed by atoms with Gasteiger partial charge >= 0.3 is 0 Å². The molecule has 2 aromatic carbocycles. The summed E-state index contributed by atoms with van der Waals surface area (Å²) in [5, 5.41) is 7.67. The lowest BCUT2D eigenvalue weighted by Crippen LogP contribution is -2.31. The highest BCUT2D eigenvalue weighted by Gasteiger charge is 2.27. The average Bonchev–Trinajstić information content (AvgIpc) is 3.43. The van der Waals surface area contributed by atoms with Crippen molar-refractivity contribution in [2.75, 3.05) is 49.8 Å². The third-order valence-corrected chi connectivity index (χ3v) is 7.08. The second-order valence-electron chi connectivity index (χ2n) is 9.57. The highest BCUT2D eigenvalue weighted by atomic mass is 35.5. The van der Waals surface area contributed by atoms with Crippen LogP contribution in [0.25, 0.3) is 22.0 Å². The van der Waals surface area contributed by atoms with Crippen LogP contribution in [-0.4, -0.2) is 66.1 Å². The largest absolute Gasteiger partial charge is 0.494 e. The number of ether oxygens (including phenoxy) is 1. The molecule has 0 spiro atoms. The molecule has 10 heteroatoms. The van der Waals surface area contributed by atoms with Crippen molar-refractivity contribution < 1.29 is 9.53 Å². The first-order chi connectivity index (χ1) is 18.9. The Morgan fingerprint density at radius 1 is 1.21 bits per heavy atom. The van der Waals surface area contributed by atoms with Crippen molar-refractivity contribution in [2.24, 2.45) is 0 Å². The number of aromatic nitrogens is 3. The Hall–Kier alpha value is -4.21. The van der Waals surface area contributed by atoms with E-state index in [1.54, 1.807) is 25.7 Å². The van der Waals surface area contributed by atoms with Gasteiger partial charge in [0.25, 0.3) is 0 Å². The summed E-state index contributed by atoms with van der Waals surface area (Å²) >= 11 is 6.20. The van der Waals surface area contributed by atoms with Crippen LogP contribution in [0.1, 0.15) is 6.42 Å². The summed E-state index contributed by atoms with van der Waals surface area (Å²) in [5.74, 6) is 0.689. The van der Waals surface area contributed by atoms with E-state index >= 15 is 0 Å². The van der Waals surface area contributed by atoms with Crippen LogP contribution < -0.4 is 20.3 Å². The summed E-state index contributed by atoms with van der Waals surface area (Å²) in [6.45, 7) is 5.31. The highest BCUT2D eigenvalue weighted by Crippen LogP contribution is 2.40. The van der Waals surface area contributed by atoms with E-state index in [9.17, 15) is 4.79 Å². The molecular weight excluding hydrogens is 514 g/mol. The van der Waals surface area contributed by atoms with E-state index < -0.39 is 0 Å². The standard InChI is InChI=1S/C29H30ClN7O2/c1-5-27(38)33-23-12-24(26(39-4)13-25(23)37-10-9-21(17-37)36(2)3)34-29-32-15-18-7-6-8-22(28(18)35-29)19-11-20(30)16-31-14-19/h5-8,11-16,21H,1,9-10,17H2,2-4H3,(H,33,38)(H,32,34,35). The average molecular weight is 544 g/mol. The van der Waals surface area contributed by atoms with Crippen LogP contribution >= 0.6 is 11.6 Å². The van der Waals surface area contributed by atoms with Crippen molar-refractivity contribution in [3.63, 3.8) is 0 Å². The first-order valence-corrected chi connectivity index (χ1v) is 12.9. The molecule has 1 aliphatic rings. The number of carbonyl (C=O) groups is 1. The minimum atomic E-state index is -0.294. The fraction of sp³-hybridized carbons (Fsp3) is 0.241. The topological polar surface area (TPSA) is 95.5 Å². The van der Waals surface area contributed by atoms with Gasteiger partial charge < -0.3 is 25.2 Å². The highest BCUT2D eigenvalue weighted by molar-refractivity contribution is 6.30. The molecule has 200 valence electrons. The predicted octanol–water partition coefficient (Wildman–Crippen LogP) is 5.36. The van der Waals surface area contributed by atoms with Crippen LogP contribution in [0.5, 0.6) is 5.75 Å². The van der Waals surface area contributed by atoms with Gasteiger partial charge in [-0.25, -0.2) is 9.97 Å². The van der Waals surface area contributed by atoms with Gasteiger partial charge in [0.2, 0.25) is 11.9 Å². The zero-order valence-corrected chi connectivity index (χ0v) is 22.9. The third-order valence-electron chi connectivity index (χ3n) is 6.87. The quantitative estimate of drug-likeness (QED) is 0.287. The predicted molar refractivity (Wildman–Crippen MR) is 157 cm³/mol. The van der Waals surface area contributed by atoms with E-state index in [4.69, 9.17) is 21.3 Å². The molecule has 0 bridgehead atoms. The number of likely N-dealkylation sites (N-methyl/N-ethyl adjacent to an activating group) is 1. The molecule has 1 unspecified atom stereocenters. The van der Waals surface area contributed by atoms with E-state index in [1.165, 1.54) is 6.08 Å². The Morgan fingerprint density at radius 3 is 2.77 bits per heavy atom. The summed E-state index contributed by atoms with van der Waals surface area (Å²) in [4.78, 5) is 30.4. The van der Waals surface area contributed by atoms with Crippen molar-refractivity contribution in [3.8, 4) is 16.9 Å². The number of rotatable bonds is 8. The molecule has 1 saturated heterocycles. The lowest BCUT2D eigenvalue weighted by atomic mass is 10.0. The summed E-state index contributed by atoms with van der Waals surface area (Å²) < 4.78 is 5.76. The molecule has 0 aliphatic carbocycles. The van der Waals surface area contributed by atoms with Gasteiger partial charge in [0.05, 0.1) is 34.7 Å². The van der Waals surface area contributed by atoms with Crippen LogP contribution in [0.2, 0.25) is 5.02 Å². The van der Waals surface area contributed by atoms with Crippen LogP contribution in [-0.2, 0) is 4.79 Å². The lowest BCUT2D eigenvalue weighted by Gasteiger charge is -2.25. The molecule has 1 aliphatic heterocycles. The van der Waals surface area contributed by atoms with E-state index in [0.717, 1.165) is 47.2 Å². The molecule has 4 aromatic rings. The molecule has 5 rings (SSSR count). The van der Waals surface area contributed by atoms with Crippen LogP contribution in [0.4, 0.5) is 23.0 Å². The maximum Gasteiger partial charge on any atom is 0.247 e. The smallest absolute Gasteiger partial charge is 0.247 e. The van der Waals surface area contributed by atoms with Crippen molar-refractivity contribution >= 4 is 51.4 Å². The van der Waals surface area contributed by atoms with Crippen LogP contribution in [0.3, 0.4) is 0 Å². The van der Waals surface area contributed by atoms with Gasteiger partial charge in [-0.05, 0) is 38.7 Å².